The maximum Gasteiger partial charge on any atom is 0.434 e. The van der Waals surface area contributed by atoms with Crippen molar-refractivity contribution in [1.82, 2.24) is 0 Å². The van der Waals surface area contributed by atoms with Gasteiger partial charge in [-0.3, -0.25) is 0 Å². The minimum absolute atomic E-state index is 1.56. The van der Waals surface area contributed by atoms with E-state index in [4.69, 9.17) is 0 Å². The summed E-state index contributed by atoms with van der Waals surface area (Å²) >= 11 is 0. The summed E-state index contributed by atoms with van der Waals surface area (Å²) in [4.78, 5) is 10.7. The summed E-state index contributed by atoms with van der Waals surface area (Å²) in [6.07, 6.45) is -23.6. The van der Waals surface area contributed by atoms with Gasteiger partial charge >= 0.3 is 24.5 Å². The molecule has 0 atom stereocenters. The van der Waals surface area contributed by atoms with E-state index in [9.17, 15) is 44.3 Å². The van der Waals surface area contributed by atoms with Gasteiger partial charge in [0.15, 0.2) is 0 Å². The van der Waals surface area contributed by atoms with Crippen molar-refractivity contribution in [2.24, 2.45) is 0 Å². The Kier molecular flexibility index (Phi) is 4.90. The summed E-state index contributed by atoms with van der Waals surface area (Å²) in [7, 11) is 0. The van der Waals surface area contributed by atoms with Gasteiger partial charge in [0, 0.05) is 5.57 Å². The van der Waals surface area contributed by atoms with Crippen molar-refractivity contribution in [2.45, 2.75) is 31.1 Å². The number of esters is 1. The van der Waals surface area contributed by atoms with Crippen molar-refractivity contribution in [3.05, 3.63) is 12.2 Å². The van der Waals surface area contributed by atoms with Crippen LogP contribution in [0.5, 0.6) is 0 Å². The number of hydrogen-bond acceptors (Lipinski definition) is 2. The molecule has 0 rings (SSSR count). The van der Waals surface area contributed by atoms with Gasteiger partial charge in [-0.1, -0.05) is 6.58 Å². The maximum absolute atomic E-state index is 11.9. The highest BCUT2D eigenvalue weighted by atomic mass is 19.4. The molecule has 0 bridgehead atoms. The predicted molar refractivity (Wildman–Crippen MR) is 41.8 cm³/mol. The average Bonchev–Trinajstić information content (AvgIpc) is 2.06. The quantitative estimate of drug-likeness (QED) is 0.453. The van der Waals surface area contributed by atoms with E-state index in [-0.39, 0.29) is 0 Å². The molecule has 0 N–H and O–H groups in total. The van der Waals surface area contributed by atoms with Gasteiger partial charge in [0.1, 0.15) is 0 Å². The number of carbonyl (C=O) groups excluding carboxylic acids is 1. The van der Waals surface area contributed by atoms with Crippen LogP contribution in [0.4, 0.5) is 39.5 Å². The fourth-order valence-electron chi connectivity index (χ4n) is 0.824. The zero-order valence-corrected chi connectivity index (χ0v) is 8.71. The molecule has 0 saturated carbocycles. The van der Waals surface area contributed by atoms with E-state index in [1.54, 1.807) is 0 Å². The van der Waals surface area contributed by atoms with Gasteiger partial charge in [0.2, 0.25) is 0 Å². The molecule has 0 unspecified atom stereocenters. The molecule has 112 valence electrons. The van der Waals surface area contributed by atoms with Crippen molar-refractivity contribution in [2.75, 3.05) is 0 Å². The van der Waals surface area contributed by atoms with Gasteiger partial charge < -0.3 is 4.74 Å². The number of halogens is 9. The van der Waals surface area contributed by atoms with Gasteiger partial charge in [-0.25, -0.2) is 4.79 Å². The molecule has 2 nitrogen and oxygen atoms in total. The third-order valence-corrected chi connectivity index (χ3v) is 1.52. The Bertz CT molecular complexity index is 335. The fraction of sp³-hybridized carbons (Fsp3) is 0.625. The molecule has 0 aliphatic heterocycles. The molecule has 0 saturated heterocycles. The van der Waals surface area contributed by atoms with Crippen LogP contribution in [0.2, 0.25) is 0 Å². The molecule has 0 fully saturated rings. The van der Waals surface area contributed by atoms with E-state index in [1.807, 2.05) is 0 Å². The fourth-order valence-corrected chi connectivity index (χ4v) is 0.824. The van der Waals surface area contributed by atoms with Crippen LogP contribution >= 0.6 is 0 Å². The molecule has 11 heteroatoms. The highest BCUT2D eigenvalue weighted by molar-refractivity contribution is 5.88. The van der Waals surface area contributed by atoms with Crippen molar-refractivity contribution < 1.29 is 49.0 Å². The first-order chi connectivity index (χ1) is 8.14. The summed E-state index contributed by atoms with van der Waals surface area (Å²) in [6.45, 7) is 2.43. The normalized spacial score (nSPS) is 13.6. The number of carbonyl (C=O) groups is 1. The summed E-state index contributed by atoms with van der Waals surface area (Å²) in [5.74, 6) is -2.42. The van der Waals surface area contributed by atoms with E-state index in [0.717, 1.165) is 0 Å². The Morgan fingerprint density at radius 1 is 0.947 bits per heavy atom. The van der Waals surface area contributed by atoms with Gasteiger partial charge in [-0.2, -0.15) is 39.5 Å². The third-order valence-electron chi connectivity index (χ3n) is 1.52. The zero-order valence-electron chi connectivity index (χ0n) is 8.71. The summed E-state index contributed by atoms with van der Waals surface area (Å²) < 4.78 is 110. The standard InChI is InChI=1S/C8H5F9O2/c1-3(2-6(9,10)11)4(18)19-5(7(12,13)14)8(15,16)17/h5H,1-2H2. The lowest BCUT2D eigenvalue weighted by molar-refractivity contribution is -0.312. The topological polar surface area (TPSA) is 26.3 Å². The summed E-state index contributed by atoms with van der Waals surface area (Å²) in [5.41, 5.74) is -1.56. The van der Waals surface area contributed by atoms with Crippen LogP contribution in [0.25, 0.3) is 0 Å². The van der Waals surface area contributed by atoms with Gasteiger partial charge in [-0.15, -0.1) is 0 Å². The Balaban J connectivity index is 4.90. The van der Waals surface area contributed by atoms with Crippen molar-refractivity contribution in [3.63, 3.8) is 0 Å². The third kappa shape index (κ3) is 6.34. The molecule has 0 spiro atoms. The first-order valence-corrected chi connectivity index (χ1v) is 4.23. The van der Waals surface area contributed by atoms with E-state index in [1.165, 1.54) is 0 Å². The number of ether oxygens (including phenoxy) is 1. The second-order valence-electron chi connectivity index (χ2n) is 3.26. The smallest absolute Gasteiger partial charge is 0.434 e. The van der Waals surface area contributed by atoms with Gasteiger partial charge in [0.25, 0.3) is 6.10 Å². The Hall–Kier alpha value is -1.42. The van der Waals surface area contributed by atoms with E-state index >= 15 is 0 Å². The lowest BCUT2D eigenvalue weighted by Gasteiger charge is -2.23. The minimum Gasteiger partial charge on any atom is -0.439 e. The average molecular weight is 304 g/mol. The van der Waals surface area contributed by atoms with Crippen LogP contribution in [0.3, 0.4) is 0 Å². The first kappa shape index (κ1) is 17.6. The van der Waals surface area contributed by atoms with Crippen LogP contribution in [-0.2, 0) is 9.53 Å². The molecule has 0 heterocycles. The van der Waals surface area contributed by atoms with Crippen molar-refractivity contribution in [1.29, 1.82) is 0 Å². The van der Waals surface area contributed by atoms with Gasteiger partial charge in [-0.05, 0) is 0 Å². The van der Waals surface area contributed by atoms with Crippen LogP contribution in [0.1, 0.15) is 6.42 Å². The lowest BCUT2D eigenvalue weighted by atomic mass is 10.2. The number of hydrogen-bond donors (Lipinski definition) is 0. The predicted octanol–water partition coefficient (Wildman–Crippen LogP) is 3.53. The Labute approximate surface area is 99.4 Å². The van der Waals surface area contributed by atoms with Crippen molar-refractivity contribution in [3.8, 4) is 0 Å². The minimum atomic E-state index is -5.99. The van der Waals surface area contributed by atoms with Crippen LogP contribution < -0.4 is 0 Å². The van der Waals surface area contributed by atoms with Crippen LogP contribution in [0, 0.1) is 0 Å². The molecular weight excluding hydrogens is 299 g/mol. The van der Waals surface area contributed by atoms with E-state index in [2.05, 4.69) is 11.3 Å². The molecular formula is C8H5F9O2. The number of rotatable bonds is 3. The first-order valence-electron chi connectivity index (χ1n) is 4.23. The zero-order chi connectivity index (χ0) is 15.6. The molecule has 0 aromatic carbocycles. The monoisotopic (exact) mass is 304 g/mol. The highest BCUT2D eigenvalue weighted by Gasteiger charge is 2.60. The summed E-state index contributed by atoms with van der Waals surface area (Å²) in [5, 5.41) is 0. The molecule has 0 amide bonds. The van der Waals surface area contributed by atoms with Crippen LogP contribution in [-0.4, -0.2) is 30.6 Å². The largest absolute Gasteiger partial charge is 0.439 e. The second-order valence-corrected chi connectivity index (χ2v) is 3.26. The molecule has 0 aliphatic carbocycles. The molecule has 19 heavy (non-hydrogen) atoms. The summed E-state index contributed by atoms with van der Waals surface area (Å²) in [6, 6.07) is 0. The molecule has 0 aliphatic rings. The maximum atomic E-state index is 11.9. The molecule has 0 aromatic rings. The molecule has 0 radical (unpaired) electrons. The van der Waals surface area contributed by atoms with Crippen molar-refractivity contribution >= 4 is 5.97 Å². The SMILES string of the molecule is C=C(CC(F)(F)F)C(=O)OC(C(F)(F)F)C(F)(F)F. The highest BCUT2D eigenvalue weighted by Crippen LogP contribution is 2.36. The van der Waals surface area contributed by atoms with Crippen LogP contribution in [0.15, 0.2) is 12.2 Å². The van der Waals surface area contributed by atoms with E-state index in [0.29, 0.717) is 0 Å². The van der Waals surface area contributed by atoms with Gasteiger partial charge in [0.05, 0.1) is 6.42 Å². The molecule has 0 aromatic heterocycles. The van der Waals surface area contributed by atoms with E-state index < -0.39 is 42.6 Å². The Morgan fingerprint density at radius 3 is 1.58 bits per heavy atom. The second kappa shape index (κ2) is 5.29. The lowest BCUT2D eigenvalue weighted by Crippen LogP contribution is -2.45. The Morgan fingerprint density at radius 2 is 1.32 bits per heavy atom. The number of alkyl halides is 9.